The van der Waals surface area contributed by atoms with E-state index in [9.17, 15) is 4.79 Å². The van der Waals surface area contributed by atoms with Crippen LogP contribution in [0.5, 0.6) is 0 Å². The van der Waals surface area contributed by atoms with E-state index < -0.39 is 5.54 Å². The van der Waals surface area contributed by atoms with Gasteiger partial charge in [-0.05, 0) is 56.1 Å². The van der Waals surface area contributed by atoms with Crippen LogP contribution in [0.2, 0.25) is 0 Å². The zero-order valence-electron chi connectivity index (χ0n) is 15.1. The number of carbonyl (C=O) groups is 1. The highest BCUT2D eigenvalue weighted by molar-refractivity contribution is 9.10. The summed E-state index contributed by atoms with van der Waals surface area (Å²) < 4.78 is 6.46. The Hall–Kier alpha value is -1.85. The van der Waals surface area contributed by atoms with Gasteiger partial charge in [0.15, 0.2) is 0 Å². The molecule has 0 aliphatic carbocycles. The number of benzene rings is 2. The monoisotopic (exact) mass is 416 g/mol. The third-order valence-corrected chi connectivity index (χ3v) is 5.24. The lowest BCUT2D eigenvalue weighted by Gasteiger charge is -2.42. The summed E-state index contributed by atoms with van der Waals surface area (Å²) in [6, 6.07) is 18.3. The van der Waals surface area contributed by atoms with Gasteiger partial charge in [-0.15, -0.1) is 0 Å². The molecular weight excluding hydrogens is 392 g/mol. The Morgan fingerprint density at radius 3 is 2.62 bits per heavy atom. The average Bonchev–Trinajstić information content (AvgIpc) is 2.65. The quantitative estimate of drug-likeness (QED) is 0.705. The minimum Gasteiger partial charge on any atom is -0.464 e. The topological polar surface area (TPSA) is 41.6 Å². The number of hydrogen-bond acceptors (Lipinski definition) is 4. The summed E-state index contributed by atoms with van der Waals surface area (Å²) in [5.74, 6) is -0.166. The number of hydrogen-bond donors (Lipinski definition) is 1. The first-order valence-electron chi connectivity index (χ1n) is 9.08. The predicted octanol–water partition coefficient (Wildman–Crippen LogP) is 4.46. The highest BCUT2D eigenvalue weighted by Gasteiger charge is 2.43. The van der Waals surface area contributed by atoms with E-state index in [1.807, 2.05) is 37.3 Å². The van der Waals surface area contributed by atoms with Crippen molar-refractivity contribution in [3.05, 3.63) is 64.6 Å². The van der Waals surface area contributed by atoms with E-state index in [4.69, 9.17) is 4.74 Å². The summed E-state index contributed by atoms with van der Waals surface area (Å²) in [7, 11) is 0. The van der Waals surface area contributed by atoms with Crippen molar-refractivity contribution < 1.29 is 9.53 Å². The number of anilines is 1. The number of piperidine rings is 1. The van der Waals surface area contributed by atoms with Crippen molar-refractivity contribution in [3.63, 3.8) is 0 Å². The second-order valence-electron chi connectivity index (χ2n) is 6.73. The first-order chi connectivity index (χ1) is 12.6. The van der Waals surface area contributed by atoms with Crippen molar-refractivity contribution in [2.75, 3.05) is 25.0 Å². The van der Waals surface area contributed by atoms with Crippen LogP contribution in [0.25, 0.3) is 0 Å². The largest absolute Gasteiger partial charge is 0.464 e. The van der Waals surface area contributed by atoms with Crippen molar-refractivity contribution in [1.29, 1.82) is 0 Å². The third-order valence-electron chi connectivity index (χ3n) is 4.71. The smallest absolute Gasteiger partial charge is 0.333 e. The highest BCUT2D eigenvalue weighted by Crippen LogP contribution is 2.29. The van der Waals surface area contributed by atoms with Gasteiger partial charge in [-0.1, -0.05) is 46.3 Å². The molecule has 0 radical (unpaired) electrons. The second kappa shape index (κ2) is 8.69. The van der Waals surface area contributed by atoms with E-state index in [1.165, 1.54) is 5.56 Å². The molecule has 5 heteroatoms. The van der Waals surface area contributed by atoms with Gasteiger partial charge < -0.3 is 10.1 Å². The van der Waals surface area contributed by atoms with Crippen LogP contribution in [0.1, 0.15) is 25.3 Å². The molecule has 0 saturated carbocycles. The number of esters is 1. The number of rotatable bonds is 6. The molecule has 138 valence electrons. The fourth-order valence-electron chi connectivity index (χ4n) is 3.52. The van der Waals surface area contributed by atoms with Crippen LogP contribution >= 0.6 is 15.9 Å². The van der Waals surface area contributed by atoms with Crippen LogP contribution in [0.3, 0.4) is 0 Å². The third kappa shape index (κ3) is 4.65. The fourth-order valence-corrected chi connectivity index (χ4v) is 3.78. The molecular formula is C21H25BrN2O2. The number of likely N-dealkylation sites (tertiary alicyclic amines) is 1. The Balaban J connectivity index is 1.80. The molecule has 1 atom stereocenters. The minimum atomic E-state index is -0.711. The Morgan fingerprint density at radius 1 is 1.19 bits per heavy atom. The fraction of sp³-hybridized carbons (Fsp3) is 0.381. The number of nitrogens with zero attached hydrogens (tertiary/aromatic N) is 1. The molecule has 1 aliphatic rings. The van der Waals surface area contributed by atoms with Crippen LogP contribution in [0.15, 0.2) is 59.1 Å². The molecule has 1 heterocycles. The molecule has 2 aromatic carbocycles. The molecule has 0 amide bonds. The van der Waals surface area contributed by atoms with Crippen molar-refractivity contribution in [3.8, 4) is 0 Å². The Kier molecular flexibility index (Phi) is 6.33. The van der Waals surface area contributed by atoms with E-state index in [1.54, 1.807) is 0 Å². The standard InChI is InChI=1S/C21H25BrN2O2/c1-2-26-20(25)21(23-19-11-9-18(22)10-12-19)13-6-14-24(16-21)15-17-7-4-3-5-8-17/h3-5,7-12,23H,2,6,13-16H2,1H3. The van der Waals surface area contributed by atoms with Crippen LogP contribution in [0, 0.1) is 0 Å². The van der Waals surface area contributed by atoms with Gasteiger partial charge in [0.05, 0.1) is 6.61 Å². The van der Waals surface area contributed by atoms with Crippen molar-refractivity contribution in [1.82, 2.24) is 4.90 Å². The van der Waals surface area contributed by atoms with E-state index >= 15 is 0 Å². The summed E-state index contributed by atoms with van der Waals surface area (Å²) in [5, 5.41) is 3.48. The van der Waals surface area contributed by atoms with Gasteiger partial charge in [0.25, 0.3) is 0 Å². The lowest BCUT2D eigenvalue weighted by atomic mass is 9.88. The molecule has 1 saturated heterocycles. The molecule has 1 aliphatic heterocycles. The zero-order chi connectivity index (χ0) is 18.4. The van der Waals surface area contributed by atoms with Crippen molar-refractivity contribution >= 4 is 27.6 Å². The summed E-state index contributed by atoms with van der Waals surface area (Å²) in [6.45, 7) is 4.70. The van der Waals surface area contributed by atoms with Gasteiger partial charge in [0.1, 0.15) is 5.54 Å². The maximum absolute atomic E-state index is 12.9. The number of carbonyl (C=O) groups excluding carboxylic acids is 1. The Labute approximate surface area is 163 Å². The molecule has 0 spiro atoms. The zero-order valence-corrected chi connectivity index (χ0v) is 16.7. The van der Waals surface area contributed by atoms with Crippen LogP contribution < -0.4 is 5.32 Å². The van der Waals surface area contributed by atoms with E-state index in [0.29, 0.717) is 13.2 Å². The molecule has 1 fully saturated rings. The number of ether oxygens (including phenoxy) is 1. The van der Waals surface area contributed by atoms with Gasteiger partial charge in [-0.2, -0.15) is 0 Å². The highest BCUT2D eigenvalue weighted by atomic mass is 79.9. The normalized spacial score (nSPS) is 20.5. The molecule has 2 aromatic rings. The molecule has 26 heavy (non-hydrogen) atoms. The molecule has 0 bridgehead atoms. The maximum atomic E-state index is 12.9. The average molecular weight is 417 g/mol. The maximum Gasteiger partial charge on any atom is 0.333 e. The Bertz CT molecular complexity index is 721. The molecule has 0 aromatic heterocycles. The van der Waals surface area contributed by atoms with E-state index in [-0.39, 0.29) is 5.97 Å². The molecule has 1 N–H and O–H groups in total. The lowest BCUT2D eigenvalue weighted by molar-refractivity contribution is -0.150. The SMILES string of the molecule is CCOC(=O)C1(Nc2ccc(Br)cc2)CCCN(Cc2ccccc2)C1. The predicted molar refractivity (Wildman–Crippen MR) is 108 cm³/mol. The molecule has 3 rings (SSSR count). The lowest BCUT2D eigenvalue weighted by Crippen LogP contribution is -2.58. The second-order valence-corrected chi connectivity index (χ2v) is 7.65. The van der Waals surface area contributed by atoms with Crippen LogP contribution in [0.4, 0.5) is 5.69 Å². The molecule has 1 unspecified atom stereocenters. The number of halogens is 1. The van der Waals surface area contributed by atoms with Crippen LogP contribution in [-0.4, -0.2) is 36.1 Å². The number of nitrogens with one attached hydrogen (secondary N) is 1. The molecule has 4 nitrogen and oxygen atoms in total. The van der Waals surface area contributed by atoms with E-state index in [0.717, 1.165) is 36.1 Å². The summed E-state index contributed by atoms with van der Waals surface area (Å²) in [5.41, 5.74) is 1.48. The first-order valence-corrected chi connectivity index (χ1v) is 9.88. The Morgan fingerprint density at radius 2 is 1.92 bits per heavy atom. The van der Waals surface area contributed by atoms with Crippen molar-refractivity contribution in [2.24, 2.45) is 0 Å². The van der Waals surface area contributed by atoms with Gasteiger partial charge in [-0.25, -0.2) is 4.79 Å². The summed E-state index contributed by atoms with van der Waals surface area (Å²) in [4.78, 5) is 15.2. The first kappa shape index (κ1) is 18.9. The van der Waals surface area contributed by atoms with Gasteiger partial charge in [-0.3, -0.25) is 4.90 Å². The van der Waals surface area contributed by atoms with Gasteiger partial charge >= 0.3 is 5.97 Å². The summed E-state index contributed by atoms with van der Waals surface area (Å²) in [6.07, 6.45) is 1.72. The van der Waals surface area contributed by atoms with E-state index in [2.05, 4.69) is 50.4 Å². The minimum absolute atomic E-state index is 0.166. The summed E-state index contributed by atoms with van der Waals surface area (Å²) >= 11 is 3.46. The van der Waals surface area contributed by atoms with Gasteiger partial charge in [0, 0.05) is 23.2 Å². The van der Waals surface area contributed by atoms with Crippen LogP contribution in [-0.2, 0) is 16.1 Å². The van der Waals surface area contributed by atoms with Gasteiger partial charge in [0.2, 0.25) is 0 Å². The van der Waals surface area contributed by atoms with Crippen molar-refractivity contribution in [2.45, 2.75) is 31.8 Å².